The largest absolute Gasteiger partial charge is 0.409 e. The zero-order valence-electron chi connectivity index (χ0n) is 11.7. The van der Waals surface area contributed by atoms with Crippen LogP contribution in [0, 0.1) is 0 Å². The van der Waals surface area contributed by atoms with Crippen LogP contribution >= 0.6 is 11.6 Å². The fourth-order valence-corrected chi connectivity index (χ4v) is 2.78. The lowest BCUT2D eigenvalue weighted by atomic mass is 10.2. The second-order valence-corrected chi connectivity index (χ2v) is 5.53. The van der Waals surface area contributed by atoms with Crippen molar-refractivity contribution < 1.29 is 5.21 Å². The highest BCUT2D eigenvalue weighted by Crippen LogP contribution is 2.26. The predicted molar refractivity (Wildman–Crippen MR) is 82.9 cm³/mol. The molecule has 0 aromatic heterocycles. The Labute approximate surface area is 124 Å². The summed E-state index contributed by atoms with van der Waals surface area (Å²) in [6.45, 7) is 4.38. The number of benzene rings is 1. The summed E-state index contributed by atoms with van der Waals surface area (Å²) in [5.41, 5.74) is 7.13. The lowest BCUT2D eigenvalue weighted by Gasteiger charge is -2.24. The van der Waals surface area contributed by atoms with Gasteiger partial charge in [-0.15, -0.1) is 0 Å². The van der Waals surface area contributed by atoms with Gasteiger partial charge in [0.1, 0.15) is 0 Å². The summed E-state index contributed by atoms with van der Waals surface area (Å²) >= 11 is 6.27. The maximum atomic E-state index is 8.67. The summed E-state index contributed by atoms with van der Waals surface area (Å²) in [6, 6.07) is 5.43. The summed E-state index contributed by atoms with van der Waals surface area (Å²) < 4.78 is 0. The Bertz CT molecular complexity index is 486. The van der Waals surface area contributed by atoms with Crippen molar-refractivity contribution in [1.29, 1.82) is 0 Å². The second-order valence-electron chi connectivity index (χ2n) is 5.12. The minimum Gasteiger partial charge on any atom is -0.409 e. The van der Waals surface area contributed by atoms with E-state index >= 15 is 0 Å². The molecule has 0 amide bonds. The van der Waals surface area contributed by atoms with Gasteiger partial charge in [-0.2, -0.15) is 0 Å². The van der Waals surface area contributed by atoms with Crippen molar-refractivity contribution in [2.45, 2.75) is 12.8 Å². The zero-order valence-corrected chi connectivity index (χ0v) is 12.5. The molecule has 0 spiro atoms. The van der Waals surface area contributed by atoms with Crippen LogP contribution in [0.5, 0.6) is 0 Å². The number of halogens is 1. The molecule has 0 radical (unpaired) electrons. The topological polar surface area (TPSA) is 65.1 Å². The molecule has 5 nitrogen and oxygen atoms in total. The molecule has 2 rings (SSSR count). The standard InChI is InChI=1S/C14H21ClN4O/c1-18(8-9-19-6-2-3-7-19)13-5-4-11(10-12(13)15)14(16)17-20/h4-5,10,20H,2-3,6-9H2,1H3,(H2,16,17). The van der Waals surface area contributed by atoms with Crippen molar-refractivity contribution in [1.82, 2.24) is 4.90 Å². The van der Waals surface area contributed by atoms with Crippen LogP contribution in [0.1, 0.15) is 18.4 Å². The number of nitrogens with two attached hydrogens (primary N) is 1. The Morgan fingerprint density at radius 3 is 2.75 bits per heavy atom. The third-order valence-corrected chi connectivity index (χ3v) is 4.02. The average molecular weight is 297 g/mol. The van der Waals surface area contributed by atoms with Crippen LogP contribution in [-0.4, -0.2) is 49.2 Å². The zero-order chi connectivity index (χ0) is 14.5. The van der Waals surface area contributed by atoms with Crippen molar-refractivity contribution in [3.63, 3.8) is 0 Å². The van der Waals surface area contributed by atoms with Gasteiger partial charge >= 0.3 is 0 Å². The normalized spacial score (nSPS) is 16.6. The maximum Gasteiger partial charge on any atom is 0.170 e. The Kier molecular flexibility index (Phi) is 5.09. The van der Waals surface area contributed by atoms with E-state index in [1.165, 1.54) is 25.9 Å². The summed E-state index contributed by atoms with van der Waals surface area (Å²) in [6.07, 6.45) is 2.61. The van der Waals surface area contributed by atoms with E-state index < -0.39 is 0 Å². The molecule has 3 N–H and O–H groups in total. The van der Waals surface area contributed by atoms with Crippen LogP contribution in [0.25, 0.3) is 0 Å². The molecular weight excluding hydrogens is 276 g/mol. The van der Waals surface area contributed by atoms with E-state index in [4.69, 9.17) is 22.5 Å². The monoisotopic (exact) mass is 296 g/mol. The van der Waals surface area contributed by atoms with Gasteiger partial charge in [0.15, 0.2) is 5.84 Å². The van der Waals surface area contributed by atoms with Crippen molar-refractivity contribution in [3.05, 3.63) is 28.8 Å². The van der Waals surface area contributed by atoms with E-state index in [9.17, 15) is 0 Å². The number of likely N-dealkylation sites (tertiary alicyclic amines) is 1. The Balaban J connectivity index is 2.00. The molecule has 1 aromatic rings. The molecule has 110 valence electrons. The summed E-state index contributed by atoms with van der Waals surface area (Å²) in [7, 11) is 2.03. The number of rotatable bonds is 5. The van der Waals surface area contributed by atoms with E-state index in [1.54, 1.807) is 6.07 Å². The quantitative estimate of drug-likeness (QED) is 0.377. The fraction of sp³-hybridized carbons (Fsp3) is 0.500. The molecule has 0 aliphatic carbocycles. The van der Waals surface area contributed by atoms with Gasteiger partial charge in [0.2, 0.25) is 0 Å². The first kappa shape index (κ1) is 14.9. The number of anilines is 1. The van der Waals surface area contributed by atoms with Gasteiger partial charge in [-0.3, -0.25) is 0 Å². The summed E-state index contributed by atoms with van der Waals surface area (Å²) in [4.78, 5) is 4.60. The smallest absolute Gasteiger partial charge is 0.170 e. The second kappa shape index (κ2) is 6.81. The van der Waals surface area contributed by atoms with Gasteiger partial charge in [-0.1, -0.05) is 16.8 Å². The van der Waals surface area contributed by atoms with Crippen LogP contribution in [-0.2, 0) is 0 Å². The van der Waals surface area contributed by atoms with Crippen molar-refractivity contribution >= 4 is 23.1 Å². The van der Waals surface area contributed by atoms with Crippen LogP contribution in [0.3, 0.4) is 0 Å². The Morgan fingerprint density at radius 2 is 2.15 bits per heavy atom. The molecular formula is C14H21ClN4O. The van der Waals surface area contributed by atoms with E-state index in [-0.39, 0.29) is 5.84 Å². The highest BCUT2D eigenvalue weighted by Gasteiger charge is 2.13. The molecule has 0 saturated carbocycles. The minimum atomic E-state index is 0.0677. The molecule has 1 fully saturated rings. The third kappa shape index (κ3) is 3.55. The Hall–Kier alpha value is -1.46. The lowest BCUT2D eigenvalue weighted by molar-refractivity contribution is 0.318. The number of amidine groups is 1. The van der Waals surface area contributed by atoms with Crippen molar-refractivity contribution in [3.8, 4) is 0 Å². The summed E-state index contributed by atoms with van der Waals surface area (Å²) in [5.74, 6) is 0.0677. The number of likely N-dealkylation sites (N-methyl/N-ethyl adjacent to an activating group) is 1. The van der Waals surface area contributed by atoms with E-state index in [0.29, 0.717) is 10.6 Å². The van der Waals surface area contributed by atoms with Crippen LogP contribution in [0.4, 0.5) is 5.69 Å². The van der Waals surface area contributed by atoms with Crippen molar-refractivity contribution in [2.24, 2.45) is 10.9 Å². The highest BCUT2D eigenvalue weighted by molar-refractivity contribution is 6.33. The van der Waals surface area contributed by atoms with Crippen LogP contribution in [0.15, 0.2) is 23.4 Å². The molecule has 0 bridgehead atoms. The van der Waals surface area contributed by atoms with Gasteiger partial charge < -0.3 is 20.7 Å². The molecule has 20 heavy (non-hydrogen) atoms. The molecule has 0 atom stereocenters. The first-order valence-corrected chi connectivity index (χ1v) is 7.20. The summed E-state index contributed by atoms with van der Waals surface area (Å²) in [5, 5.41) is 12.3. The number of hydrogen-bond acceptors (Lipinski definition) is 4. The Morgan fingerprint density at radius 1 is 1.45 bits per heavy atom. The molecule has 1 aromatic carbocycles. The van der Waals surface area contributed by atoms with E-state index in [0.717, 1.165) is 18.8 Å². The molecule has 1 saturated heterocycles. The highest BCUT2D eigenvalue weighted by atomic mass is 35.5. The first-order chi connectivity index (χ1) is 9.61. The lowest BCUT2D eigenvalue weighted by Crippen LogP contribution is -2.31. The van der Waals surface area contributed by atoms with Gasteiger partial charge in [0.25, 0.3) is 0 Å². The maximum absolute atomic E-state index is 8.67. The predicted octanol–water partition coefficient (Wildman–Crippen LogP) is 1.97. The molecule has 1 heterocycles. The van der Waals surface area contributed by atoms with Gasteiger partial charge in [0, 0.05) is 25.7 Å². The van der Waals surface area contributed by atoms with Gasteiger partial charge in [-0.05, 0) is 44.1 Å². The van der Waals surface area contributed by atoms with E-state index in [1.807, 2.05) is 19.2 Å². The molecule has 0 unspecified atom stereocenters. The molecule has 1 aliphatic heterocycles. The minimum absolute atomic E-state index is 0.0677. The van der Waals surface area contributed by atoms with Gasteiger partial charge in [0.05, 0.1) is 10.7 Å². The first-order valence-electron chi connectivity index (χ1n) is 6.83. The van der Waals surface area contributed by atoms with Crippen LogP contribution in [0.2, 0.25) is 5.02 Å². The fourth-order valence-electron chi connectivity index (χ4n) is 2.45. The number of nitrogens with zero attached hydrogens (tertiary/aromatic N) is 3. The molecule has 1 aliphatic rings. The molecule has 6 heteroatoms. The van der Waals surface area contributed by atoms with E-state index in [2.05, 4.69) is 15.0 Å². The van der Waals surface area contributed by atoms with Gasteiger partial charge in [-0.25, -0.2) is 0 Å². The van der Waals surface area contributed by atoms with Crippen molar-refractivity contribution in [2.75, 3.05) is 38.1 Å². The SMILES string of the molecule is CN(CCN1CCCC1)c1ccc(C(N)=NO)cc1Cl. The third-order valence-electron chi connectivity index (χ3n) is 3.71. The van der Waals surface area contributed by atoms with Crippen LogP contribution < -0.4 is 10.6 Å². The average Bonchev–Trinajstić information content (AvgIpc) is 2.97. The number of oxime groups is 1. The number of hydrogen-bond donors (Lipinski definition) is 2.